The van der Waals surface area contributed by atoms with Crippen molar-refractivity contribution in [2.75, 3.05) is 10.5 Å². The van der Waals surface area contributed by atoms with Gasteiger partial charge in [-0.15, -0.1) is 0 Å². The minimum absolute atomic E-state index is 0.0734. The van der Waals surface area contributed by atoms with Crippen molar-refractivity contribution in [3.63, 3.8) is 0 Å². The van der Waals surface area contributed by atoms with E-state index in [9.17, 15) is 18.5 Å². The number of nitro benzene ring substituents is 1. The van der Waals surface area contributed by atoms with Crippen LogP contribution in [-0.2, 0) is 10.0 Å². The van der Waals surface area contributed by atoms with Crippen LogP contribution in [0.2, 0.25) is 0 Å². The number of nitrogens with one attached hydrogen (secondary N) is 1. The first-order valence-corrected chi connectivity index (χ1v) is 6.55. The quantitative estimate of drug-likeness (QED) is 0.656. The number of nitro groups is 1. The summed E-state index contributed by atoms with van der Waals surface area (Å²) in [5.74, 6) is -0.664. The zero-order chi connectivity index (χ0) is 13.9. The zero-order valence-electron chi connectivity index (χ0n) is 9.80. The van der Waals surface area contributed by atoms with E-state index in [0.29, 0.717) is 11.1 Å². The number of hydrogen-bond donors (Lipinski definition) is 1. The summed E-state index contributed by atoms with van der Waals surface area (Å²) in [5, 5.41) is 19.1. The fraction of sp³-hybridized carbons (Fsp3) is 0.300. The van der Waals surface area contributed by atoms with Crippen LogP contribution in [0.5, 0.6) is 0 Å². The minimum Gasteiger partial charge on any atom is -0.282 e. The lowest BCUT2D eigenvalue weighted by Crippen LogP contribution is -2.16. The molecule has 18 heavy (non-hydrogen) atoms. The molecule has 7 nitrogen and oxygen atoms in total. The predicted molar refractivity (Wildman–Crippen MR) is 65.6 cm³/mol. The Bertz CT molecular complexity index is 631. The van der Waals surface area contributed by atoms with Crippen LogP contribution in [0.1, 0.15) is 11.1 Å². The first kappa shape index (κ1) is 13.9. The molecule has 1 aromatic carbocycles. The summed E-state index contributed by atoms with van der Waals surface area (Å²) < 4.78 is 25.1. The first-order valence-electron chi connectivity index (χ1n) is 4.90. The molecule has 8 heteroatoms. The third-order valence-electron chi connectivity index (χ3n) is 2.26. The molecular formula is C10H11N3O4S. The molecule has 0 bridgehead atoms. The fourth-order valence-corrected chi connectivity index (χ4v) is 2.19. The maximum atomic E-state index is 11.4. The van der Waals surface area contributed by atoms with Gasteiger partial charge in [-0.05, 0) is 25.5 Å². The Balaban J connectivity index is 3.18. The van der Waals surface area contributed by atoms with Crippen LogP contribution in [0, 0.1) is 35.3 Å². The van der Waals surface area contributed by atoms with E-state index >= 15 is 0 Å². The molecule has 0 fully saturated rings. The average molecular weight is 269 g/mol. The molecule has 96 valence electrons. The highest BCUT2D eigenvalue weighted by Gasteiger charge is 2.16. The van der Waals surface area contributed by atoms with Crippen molar-refractivity contribution >= 4 is 21.4 Å². The van der Waals surface area contributed by atoms with Crippen molar-refractivity contribution in [1.82, 2.24) is 0 Å². The van der Waals surface area contributed by atoms with Crippen molar-refractivity contribution < 1.29 is 13.3 Å². The topological polar surface area (TPSA) is 113 Å². The van der Waals surface area contributed by atoms with Gasteiger partial charge in [-0.25, -0.2) is 8.42 Å². The highest BCUT2D eigenvalue weighted by Crippen LogP contribution is 2.26. The Kier molecular flexibility index (Phi) is 3.88. The maximum absolute atomic E-state index is 11.4. The number of nitriles is 1. The third kappa shape index (κ3) is 3.18. The Hall–Kier alpha value is -2.14. The third-order valence-corrected chi connectivity index (χ3v) is 3.30. The van der Waals surface area contributed by atoms with Gasteiger partial charge in [0, 0.05) is 11.6 Å². The van der Waals surface area contributed by atoms with Gasteiger partial charge in [0.25, 0.3) is 5.69 Å². The molecular weight excluding hydrogens is 258 g/mol. The summed E-state index contributed by atoms with van der Waals surface area (Å²) in [5.41, 5.74) is 0.943. The van der Waals surface area contributed by atoms with E-state index in [4.69, 9.17) is 5.26 Å². The van der Waals surface area contributed by atoms with Gasteiger partial charge in [-0.3, -0.25) is 14.8 Å². The van der Waals surface area contributed by atoms with Gasteiger partial charge in [0.2, 0.25) is 10.0 Å². The fourth-order valence-electron chi connectivity index (χ4n) is 1.40. The second-order valence-corrected chi connectivity index (χ2v) is 5.45. The van der Waals surface area contributed by atoms with Crippen LogP contribution in [0.15, 0.2) is 12.1 Å². The van der Waals surface area contributed by atoms with E-state index in [2.05, 4.69) is 4.72 Å². The van der Waals surface area contributed by atoms with Crippen LogP contribution in [0.4, 0.5) is 11.4 Å². The molecule has 0 amide bonds. The second-order valence-electron chi connectivity index (χ2n) is 3.73. The van der Waals surface area contributed by atoms with Crippen molar-refractivity contribution in [3.05, 3.63) is 33.4 Å². The number of sulfonamides is 1. The SMILES string of the molecule is Cc1cc([N+](=O)[O-])c(C)cc1NS(=O)(=O)CC#N. The van der Waals surface area contributed by atoms with E-state index in [1.54, 1.807) is 6.92 Å². The summed E-state index contributed by atoms with van der Waals surface area (Å²) in [6.45, 7) is 3.07. The lowest BCUT2D eigenvalue weighted by Gasteiger charge is -2.09. The maximum Gasteiger partial charge on any atom is 0.272 e. The summed E-state index contributed by atoms with van der Waals surface area (Å²) >= 11 is 0. The van der Waals surface area contributed by atoms with Crippen LogP contribution < -0.4 is 4.72 Å². The highest BCUT2D eigenvalue weighted by atomic mass is 32.2. The normalized spacial score (nSPS) is 10.7. The van der Waals surface area contributed by atoms with Crippen molar-refractivity contribution in [2.45, 2.75) is 13.8 Å². The molecule has 0 aromatic heterocycles. The Labute approximate surface area is 104 Å². The molecule has 1 rings (SSSR count). The zero-order valence-corrected chi connectivity index (χ0v) is 10.6. The number of nitrogens with zero attached hydrogens (tertiary/aromatic N) is 2. The Morgan fingerprint density at radius 3 is 2.50 bits per heavy atom. The lowest BCUT2D eigenvalue weighted by molar-refractivity contribution is -0.385. The van der Waals surface area contributed by atoms with Crippen LogP contribution in [0.25, 0.3) is 0 Å². The van der Waals surface area contributed by atoms with Gasteiger partial charge >= 0.3 is 0 Å². The molecule has 0 aliphatic rings. The summed E-state index contributed by atoms with van der Waals surface area (Å²) in [6.07, 6.45) is 0. The van der Waals surface area contributed by atoms with Gasteiger partial charge < -0.3 is 0 Å². The molecule has 0 aliphatic carbocycles. The van der Waals surface area contributed by atoms with Gasteiger partial charge in [-0.2, -0.15) is 5.26 Å². The number of rotatable bonds is 4. The van der Waals surface area contributed by atoms with E-state index < -0.39 is 20.7 Å². The van der Waals surface area contributed by atoms with Crippen LogP contribution in [-0.4, -0.2) is 19.1 Å². The number of hydrogen-bond acceptors (Lipinski definition) is 5. The molecule has 0 spiro atoms. The number of anilines is 1. The predicted octanol–water partition coefficient (Wildman–Crippen LogP) is 1.48. The number of aryl methyl sites for hydroxylation is 2. The summed E-state index contributed by atoms with van der Waals surface area (Å²) in [7, 11) is -3.74. The Morgan fingerprint density at radius 1 is 1.39 bits per heavy atom. The smallest absolute Gasteiger partial charge is 0.272 e. The molecule has 0 saturated carbocycles. The van der Waals surface area contributed by atoms with Crippen molar-refractivity contribution in [1.29, 1.82) is 5.26 Å². The molecule has 0 radical (unpaired) electrons. The second kappa shape index (κ2) is 5.01. The van der Waals surface area contributed by atoms with Gasteiger partial charge in [-0.1, -0.05) is 0 Å². The molecule has 0 heterocycles. The van der Waals surface area contributed by atoms with Gasteiger partial charge in [0.1, 0.15) is 0 Å². The summed E-state index contributed by atoms with van der Waals surface area (Å²) in [6, 6.07) is 4.20. The van der Waals surface area contributed by atoms with E-state index in [1.807, 2.05) is 0 Å². The molecule has 0 atom stereocenters. The van der Waals surface area contributed by atoms with Crippen molar-refractivity contribution in [2.24, 2.45) is 0 Å². The lowest BCUT2D eigenvalue weighted by atomic mass is 10.1. The van der Waals surface area contributed by atoms with E-state index in [1.165, 1.54) is 25.1 Å². The van der Waals surface area contributed by atoms with Crippen molar-refractivity contribution in [3.8, 4) is 6.07 Å². The van der Waals surface area contributed by atoms with Gasteiger partial charge in [0.05, 0.1) is 16.7 Å². The summed E-state index contributed by atoms with van der Waals surface area (Å²) in [4.78, 5) is 10.2. The average Bonchev–Trinajstić information content (AvgIpc) is 2.21. The minimum atomic E-state index is -3.74. The highest BCUT2D eigenvalue weighted by molar-refractivity contribution is 7.92. The number of benzene rings is 1. The largest absolute Gasteiger partial charge is 0.282 e. The van der Waals surface area contributed by atoms with E-state index in [-0.39, 0.29) is 11.4 Å². The first-order chi connectivity index (χ1) is 8.26. The molecule has 0 aliphatic heterocycles. The van der Waals surface area contributed by atoms with E-state index in [0.717, 1.165) is 0 Å². The van der Waals surface area contributed by atoms with Crippen LogP contribution >= 0.6 is 0 Å². The molecule has 1 aromatic rings. The molecule has 0 unspecified atom stereocenters. The van der Waals surface area contributed by atoms with Gasteiger partial charge in [0.15, 0.2) is 5.75 Å². The molecule has 0 saturated heterocycles. The molecule has 1 N–H and O–H groups in total. The monoisotopic (exact) mass is 269 g/mol. The van der Waals surface area contributed by atoms with Crippen LogP contribution in [0.3, 0.4) is 0 Å². The standard InChI is InChI=1S/C10H11N3O4S/c1-7-6-10(13(14)15)8(2)5-9(7)12-18(16,17)4-3-11/h5-6,12H,4H2,1-2H3. The Morgan fingerprint density at radius 2 is 2.00 bits per heavy atom.